The molecule has 4 rings (SSSR count). The molecule has 0 aromatic carbocycles. The summed E-state index contributed by atoms with van der Waals surface area (Å²) < 4.78 is 7.03. The maximum absolute atomic E-state index is 12.7. The van der Waals surface area contributed by atoms with E-state index in [1.54, 1.807) is 28.2 Å². The van der Waals surface area contributed by atoms with Crippen LogP contribution in [0.4, 0.5) is 0 Å². The zero-order chi connectivity index (χ0) is 18.6. The van der Waals surface area contributed by atoms with Gasteiger partial charge in [-0.1, -0.05) is 10.4 Å². The average Bonchev–Trinajstić information content (AvgIpc) is 3.39. The van der Waals surface area contributed by atoms with Crippen molar-refractivity contribution in [1.82, 2.24) is 35.0 Å². The number of likely N-dealkylation sites (tertiary alicyclic amines) is 1. The SMILES string of the molecule is NCCn1cc(C(=O)N2CCC[C@H](c3nc(-c4cccnc4)no3)C2)nn1. The highest BCUT2D eigenvalue weighted by molar-refractivity contribution is 5.92. The molecular formula is C17H20N8O2. The van der Waals surface area contributed by atoms with Crippen LogP contribution in [0.5, 0.6) is 0 Å². The lowest BCUT2D eigenvalue weighted by Crippen LogP contribution is -2.39. The normalized spacial score (nSPS) is 17.2. The van der Waals surface area contributed by atoms with Crippen LogP contribution in [0.2, 0.25) is 0 Å². The minimum absolute atomic E-state index is 0.000270. The van der Waals surface area contributed by atoms with Gasteiger partial charge < -0.3 is 15.2 Å². The van der Waals surface area contributed by atoms with E-state index in [0.29, 0.717) is 43.6 Å². The van der Waals surface area contributed by atoms with Gasteiger partial charge in [0.1, 0.15) is 0 Å². The van der Waals surface area contributed by atoms with Crippen LogP contribution in [0.1, 0.15) is 35.1 Å². The fourth-order valence-corrected chi connectivity index (χ4v) is 3.18. The molecule has 2 N–H and O–H groups in total. The van der Waals surface area contributed by atoms with E-state index < -0.39 is 0 Å². The number of rotatable bonds is 5. The van der Waals surface area contributed by atoms with Gasteiger partial charge in [-0.3, -0.25) is 14.5 Å². The number of amides is 1. The van der Waals surface area contributed by atoms with E-state index in [9.17, 15) is 4.79 Å². The monoisotopic (exact) mass is 368 g/mol. The summed E-state index contributed by atoms with van der Waals surface area (Å²) in [6, 6.07) is 3.70. The van der Waals surface area contributed by atoms with Crippen LogP contribution < -0.4 is 5.73 Å². The molecule has 0 aliphatic carbocycles. The van der Waals surface area contributed by atoms with Crippen molar-refractivity contribution in [3.05, 3.63) is 42.3 Å². The fraction of sp³-hybridized carbons (Fsp3) is 0.412. The highest BCUT2D eigenvalue weighted by Crippen LogP contribution is 2.28. The zero-order valence-corrected chi connectivity index (χ0v) is 14.7. The molecule has 1 aliphatic rings. The molecule has 140 valence electrons. The van der Waals surface area contributed by atoms with Crippen molar-refractivity contribution in [2.45, 2.75) is 25.3 Å². The smallest absolute Gasteiger partial charge is 0.276 e. The summed E-state index contributed by atoms with van der Waals surface area (Å²) in [5, 5.41) is 11.9. The van der Waals surface area contributed by atoms with Crippen molar-refractivity contribution in [2.24, 2.45) is 5.73 Å². The van der Waals surface area contributed by atoms with E-state index in [4.69, 9.17) is 10.3 Å². The first-order valence-corrected chi connectivity index (χ1v) is 8.88. The molecule has 4 heterocycles. The Morgan fingerprint density at radius 3 is 3.15 bits per heavy atom. The topological polar surface area (TPSA) is 129 Å². The molecule has 10 nitrogen and oxygen atoms in total. The summed E-state index contributed by atoms with van der Waals surface area (Å²) in [6.45, 7) is 2.15. The lowest BCUT2D eigenvalue weighted by Gasteiger charge is -2.30. The number of hydrogen-bond donors (Lipinski definition) is 1. The Balaban J connectivity index is 1.46. The molecule has 0 spiro atoms. The molecule has 27 heavy (non-hydrogen) atoms. The van der Waals surface area contributed by atoms with Crippen molar-refractivity contribution in [2.75, 3.05) is 19.6 Å². The first-order chi connectivity index (χ1) is 13.2. The third-order valence-corrected chi connectivity index (χ3v) is 4.54. The number of aromatic nitrogens is 6. The summed E-state index contributed by atoms with van der Waals surface area (Å²) in [5.74, 6) is 0.902. The molecule has 1 saturated heterocycles. The number of carbonyl (C=O) groups excluding carboxylic acids is 1. The molecule has 0 bridgehead atoms. The summed E-state index contributed by atoms with van der Waals surface area (Å²) in [4.78, 5) is 23.1. The summed E-state index contributed by atoms with van der Waals surface area (Å²) in [5.41, 5.74) is 6.63. The Hall–Kier alpha value is -3.14. The molecule has 3 aromatic heterocycles. The predicted molar refractivity (Wildman–Crippen MR) is 94.5 cm³/mol. The Labute approximate surface area is 155 Å². The van der Waals surface area contributed by atoms with Crippen LogP contribution in [-0.4, -0.2) is 60.6 Å². The van der Waals surface area contributed by atoms with Crippen molar-refractivity contribution >= 4 is 5.91 Å². The standard InChI is InChI=1S/C17H20N8O2/c18-5-8-25-11-14(21-23-25)17(26)24-7-2-4-13(10-24)16-20-15(22-27-16)12-3-1-6-19-9-12/h1,3,6,9,11,13H,2,4-5,7-8,10,18H2/t13-/m0/s1. The van der Waals surface area contributed by atoms with Crippen LogP contribution in [0.15, 0.2) is 35.2 Å². The molecule has 0 radical (unpaired) electrons. The number of hydrogen-bond acceptors (Lipinski definition) is 8. The summed E-state index contributed by atoms with van der Waals surface area (Å²) in [6.07, 6.45) is 6.76. The van der Waals surface area contributed by atoms with Crippen LogP contribution >= 0.6 is 0 Å². The van der Waals surface area contributed by atoms with Gasteiger partial charge in [0.15, 0.2) is 5.69 Å². The van der Waals surface area contributed by atoms with Crippen molar-refractivity contribution in [1.29, 1.82) is 0 Å². The van der Waals surface area contributed by atoms with E-state index in [0.717, 1.165) is 18.4 Å². The quantitative estimate of drug-likeness (QED) is 0.697. The number of carbonyl (C=O) groups is 1. The number of piperidine rings is 1. The van der Waals surface area contributed by atoms with Crippen molar-refractivity contribution < 1.29 is 9.32 Å². The molecule has 3 aromatic rings. The molecular weight excluding hydrogens is 348 g/mol. The number of nitrogens with two attached hydrogens (primary N) is 1. The largest absolute Gasteiger partial charge is 0.339 e. The Bertz CT molecular complexity index is 907. The first-order valence-electron chi connectivity index (χ1n) is 8.88. The van der Waals surface area contributed by atoms with Gasteiger partial charge >= 0.3 is 0 Å². The molecule has 1 atom stereocenters. The maximum atomic E-state index is 12.7. The van der Waals surface area contributed by atoms with Crippen LogP contribution in [0.3, 0.4) is 0 Å². The molecule has 1 fully saturated rings. The highest BCUT2D eigenvalue weighted by Gasteiger charge is 2.30. The second-order valence-electron chi connectivity index (χ2n) is 6.44. The van der Waals surface area contributed by atoms with Gasteiger partial charge in [0.05, 0.1) is 18.7 Å². The third-order valence-electron chi connectivity index (χ3n) is 4.54. The Kier molecular flexibility index (Phi) is 4.88. The Morgan fingerprint density at radius 2 is 2.33 bits per heavy atom. The molecule has 1 amide bonds. The van der Waals surface area contributed by atoms with Gasteiger partial charge in [0.2, 0.25) is 11.7 Å². The van der Waals surface area contributed by atoms with Gasteiger partial charge in [0.25, 0.3) is 5.91 Å². The minimum Gasteiger partial charge on any atom is -0.339 e. The van der Waals surface area contributed by atoms with E-state index >= 15 is 0 Å². The second kappa shape index (κ2) is 7.62. The Morgan fingerprint density at radius 1 is 1.41 bits per heavy atom. The van der Waals surface area contributed by atoms with Crippen LogP contribution in [-0.2, 0) is 6.54 Å². The number of nitrogens with zero attached hydrogens (tertiary/aromatic N) is 7. The maximum Gasteiger partial charge on any atom is 0.276 e. The van der Waals surface area contributed by atoms with E-state index in [-0.39, 0.29) is 11.8 Å². The van der Waals surface area contributed by atoms with Gasteiger partial charge in [0, 0.05) is 37.6 Å². The van der Waals surface area contributed by atoms with E-state index in [1.807, 2.05) is 12.1 Å². The van der Waals surface area contributed by atoms with Gasteiger partial charge in [-0.25, -0.2) is 0 Å². The average molecular weight is 368 g/mol. The van der Waals surface area contributed by atoms with Crippen molar-refractivity contribution in [3.8, 4) is 11.4 Å². The second-order valence-corrected chi connectivity index (χ2v) is 6.44. The van der Waals surface area contributed by atoms with Crippen LogP contribution in [0, 0.1) is 0 Å². The fourth-order valence-electron chi connectivity index (χ4n) is 3.18. The zero-order valence-electron chi connectivity index (χ0n) is 14.7. The molecule has 1 aliphatic heterocycles. The molecule has 10 heteroatoms. The minimum atomic E-state index is -0.144. The molecule has 0 saturated carbocycles. The summed E-state index contributed by atoms with van der Waals surface area (Å²) >= 11 is 0. The lowest BCUT2D eigenvalue weighted by atomic mass is 9.97. The van der Waals surface area contributed by atoms with E-state index in [1.165, 1.54) is 0 Å². The van der Waals surface area contributed by atoms with Crippen molar-refractivity contribution in [3.63, 3.8) is 0 Å². The summed E-state index contributed by atoms with van der Waals surface area (Å²) in [7, 11) is 0. The third kappa shape index (κ3) is 3.70. The van der Waals surface area contributed by atoms with Gasteiger partial charge in [-0.05, 0) is 25.0 Å². The highest BCUT2D eigenvalue weighted by atomic mass is 16.5. The van der Waals surface area contributed by atoms with Gasteiger partial charge in [-0.2, -0.15) is 4.98 Å². The molecule has 0 unspecified atom stereocenters. The van der Waals surface area contributed by atoms with E-state index in [2.05, 4.69) is 25.4 Å². The van der Waals surface area contributed by atoms with Gasteiger partial charge in [-0.15, -0.1) is 5.10 Å². The lowest BCUT2D eigenvalue weighted by molar-refractivity contribution is 0.0689. The predicted octanol–water partition coefficient (Wildman–Crippen LogP) is 0.702. The first kappa shape index (κ1) is 17.3. The number of pyridine rings is 1. The van der Waals surface area contributed by atoms with Crippen LogP contribution in [0.25, 0.3) is 11.4 Å².